The van der Waals surface area contributed by atoms with Gasteiger partial charge in [-0.1, -0.05) is 6.07 Å². The fourth-order valence-corrected chi connectivity index (χ4v) is 1.74. The minimum absolute atomic E-state index is 0.0954. The van der Waals surface area contributed by atoms with E-state index in [1.807, 2.05) is 0 Å². The minimum Gasteiger partial charge on any atom is -0.481 e. The highest BCUT2D eigenvalue weighted by molar-refractivity contribution is 5.99. The fraction of sp³-hybridized carbons (Fsp3) is 0.286. The zero-order chi connectivity index (χ0) is 16.7. The Labute approximate surface area is 126 Å². The molecule has 1 aromatic carbocycles. The van der Waals surface area contributed by atoms with Gasteiger partial charge in [-0.25, -0.2) is 0 Å². The molecule has 0 aliphatic heterocycles. The first-order valence-electron chi connectivity index (χ1n) is 6.49. The van der Waals surface area contributed by atoms with E-state index in [4.69, 9.17) is 10.8 Å². The number of nitrogens with one attached hydrogen (secondary N) is 2. The van der Waals surface area contributed by atoms with E-state index in [1.165, 1.54) is 19.1 Å². The molecule has 5 N–H and O–H groups in total. The summed E-state index contributed by atoms with van der Waals surface area (Å²) < 4.78 is 0. The first-order valence-corrected chi connectivity index (χ1v) is 6.49. The molecular formula is C14H17N3O5. The Morgan fingerprint density at radius 1 is 1.27 bits per heavy atom. The summed E-state index contributed by atoms with van der Waals surface area (Å²) in [4.78, 5) is 44.8. The van der Waals surface area contributed by atoms with Crippen LogP contribution in [0.4, 0.5) is 5.69 Å². The third kappa shape index (κ3) is 5.61. The number of aliphatic carboxylic acids is 1. The molecule has 0 radical (unpaired) electrons. The molecule has 1 rings (SSSR count). The number of rotatable bonds is 7. The molecule has 0 spiro atoms. The van der Waals surface area contributed by atoms with Gasteiger partial charge in [0.15, 0.2) is 0 Å². The van der Waals surface area contributed by atoms with Crippen molar-refractivity contribution in [3.8, 4) is 0 Å². The van der Waals surface area contributed by atoms with E-state index in [-0.39, 0.29) is 24.3 Å². The molecule has 0 aliphatic rings. The second-order valence-corrected chi connectivity index (χ2v) is 4.62. The van der Waals surface area contributed by atoms with Gasteiger partial charge in [0.2, 0.25) is 11.8 Å². The van der Waals surface area contributed by atoms with Crippen molar-refractivity contribution in [1.82, 2.24) is 5.32 Å². The van der Waals surface area contributed by atoms with E-state index in [2.05, 4.69) is 10.6 Å². The molecule has 0 saturated heterocycles. The predicted octanol–water partition coefficient (Wildman–Crippen LogP) is 0.0935. The van der Waals surface area contributed by atoms with Crippen molar-refractivity contribution in [3.63, 3.8) is 0 Å². The quantitative estimate of drug-likeness (QED) is 0.565. The third-order valence-electron chi connectivity index (χ3n) is 2.74. The number of carboxylic acids is 1. The number of anilines is 1. The lowest BCUT2D eigenvalue weighted by atomic mass is 10.1. The number of carboxylic acid groups (broad SMARTS) is 1. The van der Waals surface area contributed by atoms with Gasteiger partial charge in [-0.3, -0.25) is 19.2 Å². The van der Waals surface area contributed by atoms with Gasteiger partial charge in [0.25, 0.3) is 5.91 Å². The maximum absolute atomic E-state index is 12.1. The molecule has 0 aromatic heterocycles. The number of primary amides is 1. The summed E-state index contributed by atoms with van der Waals surface area (Å²) in [5, 5.41) is 13.5. The van der Waals surface area contributed by atoms with Gasteiger partial charge in [0, 0.05) is 24.6 Å². The lowest BCUT2D eigenvalue weighted by Crippen LogP contribution is -2.44. The molecule has 0 saturated carbocycles. The number of nitrogens with two attached hydrogens (primary N) is 1. The zero-order valence-corrected chi connectivity index (χ0v) is 12.0. The highest BCUT2D eigenvalue weighted by atomic mass is 16.4. The summed E-state index contributed by atoms with van der Waals surface area (Å²) in [7, 11) is 0. The maximum atomic E-state index is 12.1. The molecule has 8 nitrogen and oxygen atoms in total. The van der Waals surface area contributed by atoms with Crippen molar-refractivity contribution in [1.29, 1.82) is 0 Å². The van der Waals surface area contributed by atoms with Crippen LogP contribution in [0.1, 0.15) is 30.1 Å². The van der Waals surface area contributed by atoms with Gasteiger partial charge in [0.05, 0.1) is 0 Å². The number of amides is 3. The number of carbonyl (C=O) groups excluding carboxylic acids is 3. The average Bonchev–Trinajstić information content (AvgIpc) is 2.42. The number of benzene rings is 1. The van der Waals surface area contributed by atoms with Gasteiger partial charge >= 0.3 is 5.97 Å². The van der Waals surface area contributed by atoms with Gasteiger partial charge < -0.3 is 21.5 Å². The summed E-state index contributed by atoms with van der Waals surface area (Å²) >= 11 is 0. The van der Waals surface area contributed by atoms with E-state index in [9.17, 15) is 19.2 Å². The Balaban J connectivity index is 2.79. The molecule has 1 aromatic rings. The van der Waals surface area contributed by atoms with Crippen molar-refractivity contribution in [2.24, 2.45) is 5.73 Å². The first-order chi connectivity index (χ1) is 10.3. The number of carbonyl (C=O) groups is 4. The highest BCUT2D eigenvalue weighted by Gasteiger charge is 2.20. The van der Waals surface area contributed by atoms with Crippen LogP contribution >= 0.6 is 0 Å². The van der Waals surface area contributed by atoms with Crippen LogP contribution in [-0.2, 0) is 14.4 Å². The fourth-order valence-electron chi connectivity index (χ4n) is 1.74. The van der Waals surface area contributed by atoms with E-state index >= 15 is 0 Å². The smallest absolute Gasteiger partial charge is 0.303 e. The van der Waals surface area contributed by atoms with Crippen molar-refractivity contribution in [2.45, 2.75) is 25.8 Å². The Bertz CT molecular complexity index is 600. The lowest BCUT2D eigenvalue weighted by molar-refractivity contribution is -0.137. The van der Waals surface area contributed by atoms with Crippen molar-refractivity contribution in [3.05, 3.63) is 29.8 Å². The van der Waals surface area contributed by atoms with Gasteiger partial charge in [-0.2, -0.15) is 0 Å². The molecule has 3 amide bonds. The summed E-state index contributed by atoms with van der Waals surface area (Å²) in [5.41, 5.74) is 5.79. The van der Waals surface area contributed by atoms with E-state index in [0.29, 0.717) is 5.69 Å². The largest absolute Gasteiger partial charge is 0.481 e. The summed E-state index contributed by atoms with van der Waals surface area (Å²) in [6.45, 7) is 1.34. The van der Waals surface area contributed by atoms with Crippen LogP contribution in [0, 0.1) is 0 Å². The van der Waals surface area contributed by atoms with Crippen molar-refractivity contribution < 1.29 is 24.3 Å². The normalized spacial score (nSPS) is 11.3. The first kappa shape index (κ1) is 17.2. The second-order valence-electron chi connectivity index (χ2n) is 4.62. The molecule has 118 valence electrons. The highest BCUT2D eigenvalue weighted by Crippen LogP contribution is 2.11. The van der Waals surface area contributed by atoms with Crippen LogP contribution < -0.4 is 16.4 Å². The zero-order valence-electron chi connectivity index (χ0n) is 12.0. The van der Waals surface area contributed by atoms with E-state index in [0.717, 1.165) is 0 Å². The van der Waals surface area contributed by atoms with E-state index in [1.54, 1.807) is 12.1 Å². The average molecular weight is 307 g/mol. The van der Waals surface area contributed by atoms with Crippen LogP contribution in [0.25, 0.3) is 0 Å². The Hall–Kier alpha value is -2.90. The molecule has 0 fully saturated rings. The minimum atomic E-state index is -1.09. The molecular weight excluding hydrogens is 290 g/mol. The Morgan fingerprint density at radius 2 is 1.95 bits per heavy atom. The lowest BCUT2D eigenvalue weighted by Gasteiger charge is -2.15. The molecule has 0 bridgehead atoms. The Kier molecular flexibility index (Phi) is 6.06. The van der Waals surface area contributed by atoms with Crippen LogP contribution in [-0.4, -0.2) is 34.8 Å². The van der Waals surface area contributed by atoms with Gasteiger partial charge in [-0.15, -0.1) is 0 Å². The second kappa shape index (κ2) is 7.77. The number of hydrogen-bond donors (Lipinski definition) is 4. The monoisotopic (exact) mass is 307 g/mol. The molecule has 0 aliphatic carbocycles. The molecule has 8 heteroatoms. The topological polar surface area (TPSA) is 139 Å². The summed E-state index contributed by atoms with van der Waals surface area (Å²) in [6.07, 6.45) is -0.387. The SMILES string of the molecule is CC(=O)Nc1cccc(C(=O)N[C@H](CCC(=O)O)C(N)=O)c1. The third-order valence-corrected chi connectivity index (χ3v) is 2.74. The van der Waals surface area contributed by atoms with Crippen LogP contribution in [0.2, 0.25) is 0 Å². The summed E-state index contributed by atoms with van der Waals surface area (Å²) in [5.74, 6) is -2.77. The van der Waals surface area contributed by atoms with Crippen LogP contribution in [0.5, 0.6) is 0 Å². The van der Waals surface area contributed by atoms with Crippen molar-refractivity contribution >= 4 is 29.4 Å². The number of hydrogen-bond acceptors (Lipinski definition) is 4. The standard InChI is InChI=1S/C14H17N3O5/c1-8(18)16-10-4-2-3-9(7-10)14(22)17-11(13(15)21)5-6-12(19)20/h2-4,7,11H,5-6H2,1H3,(H2,15,21)(H,16,18)(H,17,22)(H,19,20)/t11-/m1/s1. The summed E-state index contributed by atoms with van der Waals surface area (Å²) in [6, 6.07) is 5.03. The van der Waals surface area contributed by atoms with Crippen molar-refractivity contribution in [2.75, 3.05) is 5.32 Å². The molecule has 0 heterocycles. The molecule has 0 unspecified atom stereocenters. The van der Waals surface area contributed by atoms with Crippen LogP contribution in [0.15, 0.2) is 24.3 Å². The molecule has 22 heavy (non-hydrogen) atoms. The molecule has 1 atom stereocenters. The van der Waals surface area contributed by atoms with Gasteiger partial charge in [0.1, 0.15) is 6.04 Å². The Morgan fingerprint density at radius 3 is 2.50 bits per heavy atom. The maximum Gasteiger partial charge on any atom is 0.303 e. The van der Waals surface area contributed by atoms with Gasteiger partial charge in [-0.05, 0) is 24.6 Å². The van der Waals surface area contributed by atoms with Crippen LogP contribution in [0.3, 0.4) is 0 Å². The predicted molar refractivity (Wildman–Crippen MR) is 78.1 cm³/mol. The van der Waals surface area contributed by atoms with E-state index < -0.39 is 23.8 Å².